The Morgan fingerprint density at radius 3 is 2.77 bits per heavy atom. The Balaban J connectivity index is 0.00000242. The Kier molecular flexibility index (Phi) is 7.23. The Hall–Kier alpha value is -1.20. The fourth-order valence-electron chi connectivity index (χ4n) is 3.06. The van der Waals surface area contributed by atoms with Crippen molar-refractivity contribution in [2.45, 2.75) is 32.1 Å². The van der Waals surface area contributed by atoms with Crippen molar-refractivity contribution in [1.29, 1.82) is 0 Å². The van der Waals surface area contributed by atoms with Crippen LogP contribution >= 0.6 is 12.4 Å². The molecule has 1 amide bonds. The third-order valence-electron chi connectivity index (χ3n) is 4.37. The van der Waals surface area contributed by atoms with Crippen molar-refractivity contribution in [2.75, 3.05) is 13.1 Å². The molecule has 0 aliphatic heterocycles. The molecule has 0 heterocycles. The quantitative estimate of drug-likeness (QED) is 0.871. The predicted molar refractivity (Wildman–Crippen MR) is 84.9 cm³/mol. The average molecular weight is 333 g/mol. The van der Waals surface area contributed by atoms with Crippen LogP contribution in [0.15, 0.2) is 18.2 Å². The van der Waals surface area contributed by atoms with Crippen molar-refractivity contribution in [3.8, 4) is 0 Å². The van der Waals surface area contributed by atoms with Gasteiger partial charge in [-0.15, -0.1) is 12.4 Å². The molecule has 2 rings (SSSR count). The van der Waals surface area contributed by atoms with Gasteiger partial charge in [-0.1, -0.05) is 19.4 Å². The molecule has 3 N–H and O–H groups in total. The molecular formula is C16H23ClF2N2O. The zero-order valence-electron chi connectivity index (χ0n) is 12.6. The van der Waals surface area contributed by atoms with E-state index in [9.17, 15) is 13.6 Å². The SMILES string of the molecule is CC(CNC(=O)[C@@H]1CCC[C@@H]1CN)c1ccc(F)cc1F.Cl. The summed E-state index contributed by atoms with van der Waals surface area (Å²) >= 11 is 0. The van der Waals surface area contributed by atoms with Crippen LogP contribution in [0.25, 0.3) is 0 Å². The Morgan fingerprint density at radius 2 is 2.14 bits per heavy atom. The van der Waals surface area contributed by atoms with Crippen molar-refractivity contribution < 1.29 is 13.6 Å². The largest absolute Gasteiger partial charge is 0.355 e. The zero-order chi connectivity index (χ0) is 15.4. The first kappa shape index (κ1) is 18.8. The second-order valence-electron chi connectivity index (χ2n) is 5.85. The van der Waals surface area contributed by atoms with Gasteiger partial charge in [0, 0.05) is 24.4 Å². The number of hydrogen-bond donors (Lipinski definition) is 2. The van der Waals surface area contributed by atoms with Gasteiger partial charge in [0.25, 0.3) is 0 Å². The number of rotatable bonds is 5. The Morgan fingerprint density at radius 1 is 1.41 bits per heavy atom. The molecule has 0 saturated heterocycles. The third-order valence-corrected chi connectivity index (χ3v) is 4.37. The molecular weight excluding hydrogens is 310 g/mol. The summed E-state index contributed by atoms with van der Waals surface area (Å²) in [5.41, 5.74) is 6.09. The summed E-state index contributed by atoms with van der Waals surface area (Å²) < 4.78 is 26.6. The summed E-state index contributed by atoms with van der Waals surface area (Å²) in [7, 11) is 0. The van der Waals surface area contributed by atoms with E-state index >= 15 is 0 Å². The first-order chi connectivity index (χ1) is 10.0. The van der Waals surface area contributed by atoms with E-state index in [1.807, 2.05) is 6.92 Å². The third kappa shape index (κ3) is 4.40. The molecule has 1 fully saturated rings. The van der Waals surface area contributed by atoms with Crippen molar-refractivity contribution in [3.05, 3.63) is 35.4 Å². The maximum atomic E-state index is 13.7. The van der Waals surface area contributed by atoms with Gasteiger partial charge in [-0.25, -0.2) is 8.78 Å². The van der Waals surface area contributed by atoms with Crippen LogP contribution in [-0.4, -0.2) is 19.0 Å². The number of nitrogens with two attached hydrogens (primary N) is 1. The standard InChI is InChI=1S/C16H22F2N2O.ClH/c1-10(13-6-5-12(17)7-15(13)18)9-20-16(21)14-4-2-3-11(14)8-19;/h5-7,10-11,14H,2-4,8-9,19H2,1H3,(H,20,21);1H/t10?,11-,14-;/m1./s1. The topological polar surface area (TPSA) is 55.1 Å². The lowest BCUT2D eigenvalue weighted by Crippen LogP contribution is -2.36. The highest BCUT2D eigenvalue weighted by Gasteiger charge is 2.31. The fourth-order valence-corrected chi connectivity index (χ4v) is 3.06. The first-order valence-corrected chi connectivity index (χ1v) is 7.45. The van der Waals surface area contributed by atoms with E-state index in [0.29, 0.717) is 18.7 Å². The van der Waals surface area contributed by atoms with Gasteiger partial charge in [0.2, 0.25) is 5.91 Å². The number of carbonyl (C=O) groups is 1. The summed E-state index contributed by atoms with van der Waals surface area (Å²) in [4.78, 5) is 12.2. The molecule has 0 aromatic heterocycles. The van der Waals surface area contributed by atoms with Crippen LogP contribution in [0.5, 0.6) is 0 Å². The molecule has 0 bridgehead atoms. The molecule has 1 aromatic carbocycles. The number of halogens is 3. The molecule has 1 saturated carbocycles. The monoisotopic (exact) mass is 332 g/mol. The van der Waals surface area contributed by atoms with Gasteiger partial charge in [0.1, 0.15) is 11.6 Å². The zero-order valence-corrected chi connectivity index (χ0v) is 13.5. The van der Waals surface area contributed by atoms with Gasteiger partial charge in [0.15, 0.2) is 0 Å². The van der Waals surface area contributed by atoms with E-state index in [0.717, 1.165) is 25.3 Å². The molecule has 3 nitrogen and oxygen atoms in total. The minimum Gasteiger partial charge on any atom is -0.355 e. The van der Waals surface area contributed by atoms with E-state index in [-0.39, 0.29) is 36.1 Å². The summed E-state index contributed by atoms with van der Waals surface area (Å²) in [6.07, 6.45) is 2.89. The number of amides is 1. The smallest absolute Gasteiger partial charge is 0.223 e. The maximum absolute atomic E-state index is 13.7. The van der Waals surface area contributed by atoms with Crippen LogP contribution in [0.3, 0.4) is 0 Å². The first-order valence-electron chi connectivity index (χ1n) is 7.45. The second kappa shape index (κ2) is 8.44. The molecule has 3 atom stereocenters. The number of nitrogens with one attached hydrogen (secondary N) is 1. The summed E-state index contributed by atoms with van der Waals surface area (Å²) in [5, 5.41) is 2.87. The number of carbonyl (C=O) groups excluding carboxylic acids is 1. The Labute approximate surface area is 136 Å². The molecule has 0 radical (unpaired) electrons. The molecule has 1 aromatic rings. The summed E-state index contributed by atoms with van der Waals surface area (Å²) in [6.45, 7) is 2.68. The molecule has 124 valence electrons. The average Bonchev–Trinajstić information content (AvgIpc) is 2.92. The van der Waals surface area contributed by atoms with Gasteiger partial charge in [0.05, 0.1) is 0 Å². The van der Waals surface area contributed by atoms with E-state index in [2.05, 4.69) is 5.32 Å². The minimum atomic E-state index is -0.593. The van der Waals surface area contributed by atoms with Crippen LogP contribution in [0.4, 0.5) is 8.78 Å². The van der Waals surface area contributed by atoms with Crippen molar-refractivity contribution in [3.63, 3.8) is 0 Å². The normalized spacial score (nSPS) is 22.0. The van der Waals surface area contributed by atoms with Crippen molar-refractivity contribution >= 4 is 18.3 Å². The van der Waals surface area contributed by atoms with Gasteiger partial charge in [-0.05, 0) is 36.9 Å². The number of hydrogen-bond acceptors (Lipinski definition) is 2. The van der Waals surface area contributed by atoms with Gasteiger partial charge < -0.3 is 11.1 Å². The van der Waals surface area contributed by atoms with Gasteiger partial charge in [-0.2, -0.15) is 0 Å². The Bertz CT molecular complexity index is 513. The highest BCUT2D eigenvalue weighted by molar-refractivity contribution is 5.85. The van der Waals surface area contributed by atoms with Crippen LogP contribution in [-0.2, 0) is 4.79 Å². The molecule has 1 unspecified atom stereocenters. The minimum absolute atomic E-state index is 0. The highest BCUT2D eigenvalue weighted by Crippen LogP contribution is 2.31. The van der Waals surface area contributed by atoms with E-state index in [4.69, 9.17) is 5.73 Å². The summed E-state index contributed by atoms with van der Waals surface area (Å²) in [6, 6.07) is 3.53. The van der Waals surface area contributed by atoms with Gasteiger partial charge >= 0.3 is 0 Å². The van der Waals surface area contributed by atoms with Crippen LogP contribution in [0.1, 0.15) is 37.7 Å². The fraction of sp³-hybridized carbons (Fsp3) is 0.562. The lowest BCUT2D eigenvalue weighted by Gasteiger charge is -2.19. The van der Waals surface area contributed by atoms with E-state index in [1.54, 1.807) is 0 Å². The molecule has 22 heavy (non-hydrogen) atoms. The van der Waals surface area contributed by atoms with Crippen LogP contribution in [0.2, 0.25) is 0 Å². The lowest BCUT2D eigenvalue weighted by molar-refractivity contribution is -0.126. The van der Waals surface area contributed by atoms with E-state index < -0.39 is 11.6 Å². The van der Waals surface area contributed by atoms with Crippen LogP contribution < -0.4 is 11.1 Å². The number of benzene rings is 1. The van der Waals surface area contributed by atoms with Crippen molar-refractivity contribution in [2.24, 2.45) is 17.6 Å². The molecule has 1 aliphatic rings. The summed E-state index contributed by atoms with van der Waals surface area (Å²) in [5.74, 6) is -1.14. The molecule has 6 heteroatoms. The van der Waals surface area contributed by atoms with Gasteiger partial charge in [-0.3, -0.25) is 4.79 Å². The second-order valence-corrected chi connectivity index (χ2v) is 5.85. The van der Waals surface area contributed by atoms with E-state index in [1.165, 1.54) is 12.1 Å². The van der Waals surface area contributed by atoms with Crippen LogP contribution in [0, 0.1) is 23.5 Å². The van der Waals surface area contributed by atoms with Crippen molar-refractivity contribution in [1.82, 2.24) is 5.32 Å². The lowest BCUT2D eigenvalue weighted by atomic mass is 9.94. The predicted octanol–water partition coefficient (Wildman–Crippen LogP) is 2.98. The highest BCUT2D eigenvalue weighted by atomic mass is 35.5. The molecule has 0 spiro atoms. The molecule has 1 aliphatic carbocycles. The maximum Gasteiger partial charge on any atom is 0.223 e.